The van der Waals surface area contributed by atoms with Gasteiger partial charge in [-0.05, 0) is 51.3 Å². The summed E-state index contributed by atoms with van der Waals surface area (Å²) in [6.07, 6.45) is 1.00. The van der Waals surface area contributed by atoms with Crippen LogP contribution in [0.4, 0.5) is 4.79 Å². The van der Waals surface area contributed by atoms with Crippen molar-refractivity contribution in [1.82, 2.24) is 4.90 Å². The number of carbonyl (C=O) groups is 2. The number of halogens is 1. The Morgan fingerprint density at radius 3 is 2.73 bits per heavy atom. The molecule has 2 N–H and O–H groups in total. The minimum Gasteiger partial charge on any atom is -0.444 e. The first-order chi connectivity index (χ1) is 12.2. The summed E-state index contributed by atoms with van der Waals surface area (Å²) in [5.41, 5.74) is 5.58. The minimum absolute atomic E-state index is 0.0223. The fraction of sp³-hybridized carbons (Fsp3) is 0.579. The molecule has 26 heavy (non-hydrogen) atoms. The van der Waals surface area contributed by atoms with Crippen LogP contribution in [0.3, 0.4) is 0 Å². The molecule has 1 aliphatic heterocycles. The number of nitrogens with zero attached hydrogens (tertiary/aromatic N) is 1. The second-order valence-electron chi connectivity index (χ2n) is 7.58. The van der Waals surface area contributed by atoms with E-state index in [-0.39, 0.29) is 24.7 Å². The number of piperidine rings is 1. The number of hydrogen-bond donors (Lipinski definition) is 1. The van der Waals surface area contributed by atoms with Crippen LogP contribution < -0.4 is 5.73 Å². The van der Waals surface area contributed by atoms with Gasteiger partial charge in [0.15, 0.2) is 0 Å². The first kappa shape index (κ1) is 20.5. The molecule has 1 fully saturated rings. The molecule has 2 atom stereocenters. The maximum absolute atomic E-state index is 12.4. The molecule has 1 saturated heterocycles. The van der Waals surface area contributed by atoms with Crippen molar-refractivity contribution in [1.29, 1.82) is 0 Å². The van der Waals surface area contributed by atoms with Gasteiger partial charge in [-0.25, -0.2) is 4.79 Å². The van der Waals surface area contributed by atoms with Gasteiger partial charge in [0.1, 0.15) is 12.2 Å². The van der Waals surface area contributed by atoms with Crippen molar-refractivity contribution in [2.75, 3.05) is 19.7 Å². The highest BCUT2D eigenvalue weighted by molar-refractivity contribution is 6.30. The predicted molar refractivity (Wildman–Crippen MR) is 99.9 cm³/mol. The molecule has 0 radical (unpaired) electrons. The second-order valence-corrected chi connectivity index (χ2v) is 8.02. The molecule has 2 unspecified atom stereocenters. The van der Waals surface area contributed by atoms with E-state index in [1.807, 2.05) is 39.0 Å². The zero-order chi connectivity index (χ0) is 19.3. The van der Waals surface area contributed by atoms with E-state index in [2.05, 4.69) is 0 Å². The zero-order valence-electron chi connectivity index (χ0n) is 15.5. The molecule has 0 spiro atoms. The maximum atomic E-state index is 12.4. The molecule has 7 heteroatoms. The van der Waals surface area contributed by atoms with Crippen LogP contribution in [0.25, 0.3) is 0 Å². The summed E-state index contributed by atoms with van der Waals surface area (Å²) in [6, 6.07) is 7.35. The number of ether oxygens (including phenoxy) is 2. The van der Waals surface area contributed by atoms with Crippen molar-refractivity contribution < 1.29 is 19.1 Å². The smallest absolute Gasteiger partial charge is 0.410 e. The fourth-order valence-corrected chi connectivity index (χ4v) is 3.31. The van der Waals surface area contributed by atoms with Gasteiger partial charge in [0, 0.05) is 24.0 Å². The molecular formula is C19H27ClN2O4. The van der Waals surface area contributed by atoms with Crippen molar-refractivity contribution in [3.8, 4) is 0 Å². The van der Waals surface area contributed by atoms with E-state index in [4.69, 9.17) is 26.8 Å². The Kier molecular flexibility index (Phi) is 6.89. The van der Waals surface area contributed by atoms with Gasteiger partial charge < -0.3 is 20.1 Å². The van der Waals surface area contributed by atoms with Gasteiger partial charge in [-0.3, -0.25) is 4.79 Å². The monoisotopic (exact) mass is 382 g/mol. The lowest BCUT2D eigenvalue weighted by Crippen LogP contribution is -2.44. The number of benzene rings is 1. The Balaban J connectivity index is 2.15. The Morgan fingerprint density at radius 2 is 2.12 bits per heavy atom. The summed E-state index contributed by atoms with van der Waals surface area (Å²) in [5, 5.41) is 0.593. The SMILES string of the molecule is CC(C)(C)OC(=O)N1CCCC(C(OCC(N)=O)c2cccc(Cl)c2)C1. The molecular weight excluding hydrogens is 356 g/mol. The van der Waals surface area contributed by atoms with Crippen LogP contribution in [-0.2, 0) is 14.3 Å². The van der Waals surface area contributed by atoms with E-state index in [9.17, 15) is 9.59 Å². The highest BCUT2D eigenvalue weighted by Crippen LogP contribution is 2.34. The molecule has 1 aromatic carbocycles. The third-order valence-corrected chi connectivity index (χ3v) is 4.36. The van der Waals surface area contributed by atoms with Gasteiger partial charge in [0.05, 0.1) is 6.10 Å². The first-order valence-electron chi connectivity index (χ1n) is 8.79. The lowest BCUT2D eigenvalue weighted by molar-refractivity contribution is -0.126. The fourth-order valence-electron chi connectivity index (χ4n) is 3.11. The van der Waals surface area contributed by atoms with Crippen LogP contribution in [0.1, 0.15) is 45.3 Å². The number of likely N-dealkylation sites (tertiary alicyclic amines) is 1. The molecule has 0 aliphatic carbocycles. The van der Waals surface area contributed by atoms with Crippen molar-refractivity contribution in [2.45, 2.75) is 45.3 Å². The Bertz CT molecular complexity index is 645. The summed E-state index contributed by atoms with van der Waals surface area (Å²) in [4.78, 5) is 25.3. The van der Waals surface area contributed by atoms with E-state index in [1.54, 1.807) is 11.0 Å². The van der Waals surface area contributed by atoms with Gasteiger partial charge in [-0.1, -0.05) is 23.7 Å². The van der Waals surface area contributed by atoms with Gasteiger partial charge >= 0.3 is 6.09 Å². The number of amides is 2. The molecule has 0 bridgehead atoms. The summed E-state index contributed by atoms with van der Waals surface area (Å²) >= 11 is 6.11. The molecule has 144 valence electrons. The molecule has 2 rings (SSSR count). The van der Waals surface area contributed by atoms with Crippen molar-refractivity contribution in [3.05, 3.63) is 34.9 Å². The first-order valence-corrected chi connectivity index (χ1v) is 9.17. The van der Waals surface area contributed by atoms with E-state index >= 15 is 0 Å². The van der Waals surface area contributed by atoms with Crippen molar-refractivity contribution >= 4 is 23.6 Å². The molecule has 6 nitrogen and oxygen atoms in total. The number of rotatable bonds is 5. The van der Waals surface area contributed by atoms with Crippen LogP contribution in [0, 0.1) is 5.92 Å². The average Bonchev–Trinajstić information content (AvgIpc) is 2.53. The van der Waals surface area contributed by atoms with Crippen molar-refractivity contribution in [2.24, 2.45) is 11.7 Å². The van der Waals surface area contributed by atoms with Crippen LogP contribution in [0.2, 0.25) is 5.02 Å². The van der Waals surface area contributed by atoms with Crippen LogP contribution in [0.5, 0.6) is 0 Å². The molecule has 0 aromatic heterocycles. The molecule has 1 heterocycles. The quantitative estimate of drug-likeness (QED) is 0.844. The lowest BCUT2D eigenvalue weighted by Gasteiger charge is -2.37. The Labute approximate surface area is 159 Å². The average molecular weight is 383 g/mol. The van der Waals surface area contributed by atoms with Gasteiger partial charge in [0.25, 0.3) is 0 Å². The topological polar surface area (TPSA) is 81.9 Å². The summed E-state index contributed by atoms with van der Waals surface area (Å²) < 4.78 is 11.3. The highest BCUT2D eigenvalue weighted by Gasteiger charge is 2.33. The maximum Gasteiger partial charge on any atom is 0.410 e. The minimum atomic E-state index is -0.543. The predicted octanol–water partition coefficient (Wildman–Crippen LogP) is 3.53. The second kappa shape index (κ2) is 8.73. The van der Waals surface area contributed by atoms with Crippen molar-refractivity contribution in [3.63, 3.8) is 0 Å². The number of hydrogen-bond acceptors (Lipinski definition) is 4. The van der Waals surface area contributed by atoms with Gasteiger partial charge in [0.2, 0.25) is 5.91 Å². The normalized spacial score (nSPS) is 19.1. The highest BCUT2D eigenvalue weighted by atomic mass is 35.5. The largest absolute Gasteiger partial charge is 0.444 e. The zero-order valence-corrected chi connectivity index (χ0v) is 16.3. The summed E-state index contributed by atoms with van der Waals surface area (Å²) in [7, 11) is 0. The molecule has 1 aromatic rings. The van der Waals surface area contributed by atoms with Gasteiger partial charge in [-0.2, -0.15) is 0 Å². The van der Waals surface area contributed by atoms with Gasteiger partial charge in [-0.15, -0.1) is 0 Å². The third kappa shape index (κ3) is 6.18. The molecule has 1 aliphatic rings. The number of carbonyl (C=O) groups excluding carboxylic acids is 2. The van der Waals surface area contributed by atoms with Crippen LogP contribution in [0.15, 0.2) is 24.3 Å². The van der Waals surface area contributed by atoms with Crippen LogP contribution >= 0.6 is 11.6 Å². The number of primary amides is 1. The summed E-state index contributed by atoms with van der Waals surface area (Å²) in [5.74, 6) is -0.508. The Morgan fingerprint density at radius 1 is 1.38 bits per heavy atom. The van der Waals surface area contributed by atoms with E-state index in [0.29, 0.717) is 18.1 Å². The lowest BCUT2D eigenvalue weighted by atomic mass is 9.88. The van der Waals surface area contributed by atoms with Crippen LogP contribution in [-0.4, -0.2) is 42.2 Å². The van der Waals surface area contributed by atoms with E-state index < -0.39 is 11.5 Å². The molecule has 2 amide bonds. The number of nitrogens with two attached hydrogens (primary N) is 1. The molecule has 0 saturated carbocycles. The third-order valence-electron chi connectivity index (χ3n) is 4.12. The summed E-state index contributed by atoms with van der Waals surface area (Å²) in [6.45, 7) is 6.49. The Hall–Kier alpha value is -1.79. The standard InChI is InChI=1S/C19H27ClN2O4/c1-19(2,3)26-18(24)22-9-5-7-14(11-22)17(25-12-16(21)23)13-6-4-8-15(20)10-13/h4,6,8,10,14,17H,5,7,9,11-12H2,1-3H3,(H2,21,23). The van der Waals surface area contributed by atoms with E-state index in [0.717, 1.165) is 18.4 Å². The van der Waals surface area contributed by atoms with E-state index in [1.165, 1.54) is 0 Å².